The number of hydrogen-bond acceptors (Lipinski definition) is 5. The van der Waals surface area contributed by atoms with Gasteiger partial charge in [0.15, 0.2) is 0 Å². The number of unbranched alkanes of at least 4 members (excludes halogenated alkanes) is 7. The van der Waals surface area contributed by atoms with Gasteiger partial charge in [0.1, 0.15) is 0 Å². The molecule has 0 atom stereocenters. The third kappa shape index (κ3) is 7.54. The quantitative estimate of drug-likeness (QED) is 0.242. The molecule has 2 aromatic carbocycles. The molecule has 0 spiro atoms. The van der Waals surface area contributed by atoms with Gasteiger partial charge in [0, 0.05) is 31.7 Å². The van der Waals surface area contributed by atoms with Gasteiger partial charge in [-0.3, -0.25) is 19.3 Å². The fraction of sp³-hybridized carbons (Fsp3) is 0.500. The standard InChI is InChI=1S/C30H39N3O5S/c34-28(31-24-17-19-25(20-18-24)39(37,38)32-21-11-7-12-22-32)16-8-5-3-1-2-4-6-13-23-33-29(35)26-14-9-10-15-27(26)30(33)36/h9-10,14-15,17-20H,1-8,11-13,16,21-23H2,(H,31,34). The number of fused-ring (bicyclic) bond motifs is 1. The van der Waals surface area contributed by atoms with E-state index in [-0.39, 0.29) is 22.6 Å². The lowest BCUT2D eigenvalue weighted by atomic mass is 10.1. The molecular weight excluding hydrogens is 514 g/mol. The van der Waals surface area contributed by atoms with E-state index in [4.69, 9.17) is 0 Å². The molecule has 0 aromatic heterocycles. The highest BCUT2D eigenvalue weighted by atomic mass is 32.2. The van der Waals surface area contributed by atoms with Crippen LogP contribution in [-0.4, -0.2) is 55.0 Å². The molecule has 1 N–H and O–H groups in total. The first kappa shape index (κ1) is 29.0. The predicted octanol–water partition coefficient (Wildman–Crippen LogP) is 5.61. The first-order valence-corrected chi connectivity index (χ1v) is 15.7. The maximum Gasteiger partial charge on any atom is 0.261 e. The number of piperidine rings is 1. The Hall–Kier alpha value is -3.04. The number of benzene rings is 2. The number of sulfonamides is 1. The number of anilines is 1. The number of carbonyl (C=O) groups is 3. The maximum absolute atomic E-state index is 12.8. The molecule has 8 nitrogen and oxygen atoms in total. The Kier molecular flexibility index (Phi) is 10.3. The zero-order chi connectivity index (χ0) is 27.7. The molecule has 2 heterocycles. The van der Waals surface area contributed by atoms with Gasteiger partial charge < -0.3 is 5.32 Å². The second-order valence-electron chi connectivity index (χ2n) is 10.4. The summed E-state index contributed by atoms with van der Waals surface area (Å²) < 4.78 is 27.0. The Balaban J connectivity index is 1.03. The topological polar surface area (TPSA) is 104 Å². The summed E-state index contributed by atoms with van der Waals surface area (Å²) in [5.74, 6) is -0.426. The van der Waals surface area contributed by atoms with Gasteiger partial charge in [-0.2, -0.15) is 4.31 Å². The van der Waals surface area contributed by atoms with Crippen LogP contribution in [0.3, 0.4) is 0 Å². The highest BCUT2D eigenvalue weighted by Crippen LogP contribution is 2.24. The van der Waals surface area contributed by atoms with Crippen LogP contribution in [0, 0.1) is 0 Å². The van der Waals surface area contributed by atoms with E-state index in [1.807, 2.05) is 0 Å². The van der Waals surface area contributed by atoms with Crippen molar-refractivity contribution in [2.45, 2.75) is 81.9 Å². The molecular formula is C30H39N3O5S. The molecule has 0 unspecified atom stereocenters. The summed E-state index contributed by atoms with van der Waals surface area (Å²) in [5, 5.41) is 2.86. The van der Waals surface area contributed by atoms with Crippen molar-refractivity contribution in [1.82, 2.24) is 9.21 Å². The fourth-order valence-corrected chi connectivity index (χ4v) is 6.76. The van der Waals surface area contributed by atoms with Crippen molar-refractivity contribution in [3.63, 3.8) is 0 Å². The molecule has 39 heavy (non-hydrogen) atoms. The fourth-order valence-electron chi connectivity index (χ4n) is 5.25. The summed E-state index contributed by atoms with van der Waals surface area (Å²) in [7, 11) is -3.47. The van der Waals surface area contributed by atoms with Crippen molar-refractivity contribution < 1.29 is 22.8 Å². The average molecular weight is 554 g/mol. The smallest absolute Gasteiger partial charge is 0.261 e. The van der Waals surface area contributed by atoms with Crippen LogP contribution in [0.15, 0.2) is 53.4 Å². The first-order valence-electron chi connectivity index (χ1n) is 14.2. The van der Waals surface area contributed by atoms with Crippen LogP contribution in [-0.2, 0) is 14.8 Å². The van der Waals surface area contributed by atoms with Gasteiger partial charge in [0.2, 0.25) is 15.9 Å². The summed E-state index contributed by atoms with van der Waals surface area (Å²) in [6.45, 7) is 1.61. The van der Waals surface area contributed by atoms with Crippen molar-refractivity contribution in [3.8, 4) is 0 Å². The summed E-state index contributed by atoms with van der Waals surface area (Å²) in [6, 6.07) is 13.4. The van der Waals surface area contributed by atoms with Gasteiger partial charge in [-0.1, -0.05) is 57.1 Å². The van der Waals surface area contributed by atoms with Crippen molar-refractivity contribution in [2.24, 2.45) is 0 Å². The minimum Gasteiger partial charge on any atom is -0.326 e. The Morgan fingerprint density at radius 1 is 0.718 bits per heavy atom. The van der Waals surface area contributed by atoms with Crippen molar-refractivity contribution in [1.29, 1.82) is 0 Å². The molecule has 9 heteroatoms. The van der Waals surface area contributed by atoms with Gasteiger partial charge in [0.05, 0.1) is 16.0 Å². The number of imide groups is 1. The van der Waals surface area contributed by atoms with E-state index in [0.29, 0.717) is 42.9 Å². The van der Waals surface area contributed by atoms with Gasteiger partial charge in [-0.15, -0.1) is 0 Å². The second kappa shape index (κ2) is 13.8. The minimum absolute atomic E-state index is 0.0604. The Morgan fingerprint density at radius 3 is 1.85 bits per heavy atom. The summed E-state index contributed by atoms with van der Waals surface area (Å²) in [4.78, 5) is 38.7. The lowest BCUT2D eigenvalue weighted by Gasteiger charge is -2.25. The third-order valence-electron chi connectivity index (χ3n) is 7.50. The van der Waals surface area contributed by atoms with Crippen LogP contribution in [0.25, 0.3) is 0 Å². The van der Waals surface area contributed by atoms with E-state index in [0.717, 1.165) is 70.6 Å². The number of hydrogen-bond donors (Lipinski definition) is 1. The first-order chi connectivity index (χ1) is 18.9. The van der Waals surface area contributed by atoms with Crippen molar-refractivity contribution in [2.75, 3.05) is 25.0 Å². The lowest BCUT2D eigenvalue weighted by molar-refractivity contribution is -0.116. The van der Waals surface area contributed by atoms with E-state index in [9.17, 15) is 22.8 Å². The normalized spacial score (nSPS) is 15.9. The number of nitrogens with one attached hydrogen (secondary N) is 1. The van der Waals surface area contributed by atoms with E-state index in [1.54, 1.807) is 52.8 Å². The molecule has 2 aliphatic rings. The molecule has 0 radical (unpaired) electrons. The summed E-state index contributed by atoms with van der Waals surface area (Å²) in [6.07, 6.45) is 11.2. The molecule has 3 amide bonds. The Bertz CT molecular complexity index is 1220. The predicted molar refractivity (Wildman–Crippen MR) is 151 cm³/mol. The van der Waals surface area contributed by atoms with Crippen LogP contribution in [0.4, 0.5) is 5.69 Å². The number of nitrogens with zero attached hydrogens (tertiary/aromatic N) is 2. The highest BCUT2D eigenvalue weighted by Gasteiger charge is 2.34. The van der Waals surface area contributed by atoms with Crippen LogP contribution in [0.5, 0.6) is 0 Å². The molecule has 1 saturated heterocycles. The third-order valence-corrected chi connectivity index (χ3v) is 9.42. The molecule has 210 valence electrons. The Morgan fingerprint density at radius 2 is 1.26 bits per heavy atom. The van der Waals surface area contributed by atoms with Crippen molar-refractivity contribution in [3.05, 3.63) is 59.7 Å². The van der Waals surface area contributed by atoms with E-state index >= 15 is 0 Å². The monoisotopic (exact) mass is 553 g/mol. The SMILES string of the molecule is O=C(CCCCCCCCCCN1C(=O)c2ccccc2C1=O)Nc1ccc(S(=O)(=O)N2CCCCC2)cc1. The van der Waals surface area contributed by atoms with E-state index in [1.165, 1.54) is 4.90 Å². The zero-order valence-electron chi connectivity index (χ0n) is 22.6. The molecule has 0 bridgehead atoms. The summed E-state index contributed by atoms with van der Waals surface area (Å²) in [5.41, 5.74) is 1.62. The van der Waals surface area contributed by atoms with E-state index < -0.39 is 10.0 Å². The number of carbonyl (C=O) groups excluding carboxylic acids is 3. The molecule has 0 aliphatic carbocycles. The van der Waals surface area contributed by atoms with Crippen molar-refractivity contribution >= 4 is 33.4 Å². The van der Waals surface area contributed by atoms with Gasteiger partial charge in [-0.25, -0.2) is 8.42 Å². The highest BCUT2D eigenvalue weighted by molar-refractivity contribution is 7.89. The molecule has 2 aliphatic heterocycles. The minimum atomic E-state index is -3.47. The molecule has 2 aromatic rings. The largest absolute Gasteiger partial charge is 0.326 e. The lowest BCUT2D eigenvalue weighted by Crippen LogP contribution is -2.35. The van der Waals surface area contributed by atoms with Crippen LogP contribution in [0.2, 0.25) is 0 Å². The number of amides is 3. The summed E-state index contributed by atoms with van der Waals surface area (Å²) >= 11 is 0. The van der Waals surface area contributed by atoms with Crippen LogP contribution < -0.4 is 5.32 Å². The van der Waals surface area contributed by atoms with Gasteiger partial charge in [-0.05, 0) is 62.1 Å². The Labute approximate surface area is 231 Å². The van der Waals surface area contributed by atoms with Crippen LogP contribution in [0.1, 0.15) is 97.8 Å². The van der Waals surface area contributed by atoms with E-state index in [2.05, 4.69) is 5.32 Å². The maximum atomic E-state index is 12.8. The molecule has 4 rings (SSSR count). The molecule has 1 fully saturated rings. The average Bonchev–Trinajstić information content (AvgIpc) is 3.19. The van der Waals surface area contributed by atoms with Gasteiger partial charge in [0.25, 0.3) is 11.8 Å². The van der Waals surface area contributed by atoms with Gasteiger partial charge >= 0.3 is 0 Å². The van der Waals surface area contributed by atoms with Crippen LogP contribution >= 0.6 is 0 Å². The zero-order valence-corrected chi connectivity index (χ0v) is 23.4. The second-order valence-corrected chi connectivity index (χ2v) is 12.4. The number of rotatable bonds is 14. The molecule has 0 saturated carbocycles.